The first kappa shape index (κ1) is 11.6. The van der Waals surface area contributed by atoms with E-state index in [0.717, 1.165) is 5.69 Å². The van der Waals surface area contributed by atoms with Crippen molar-refractivity contribution >= 4 is 22.8 Å². The number of ether oxygens (including phenoxy) is 1. The van der Waals surface area contributed by atoms with Crippen LogP contribution in [-0.2, 0) is 0 Å². The van der Waals surface area contributed by atoms with Gasteiger partial charge in [-0.2, -0.15) is 0 Å². The summed E-state index contributed by atoms with van der Waals surface area (Å²) in [5.74, 6) is 0.576. The molecule has 0 bridgehead atoms. The van der Waals surface area contributed by atoms with Crippen molar-refractivity contribution in [1.29, 1.82) is 0 Å². The van der Waals surface area contributed by atoms with Crippen molar-refractivity contribution in [3.8, 4) is 5.75 Å². The van der Waals surface area contributed by atoms with E-state index in [-0.39, 0.29) is 12.4 Å². The second kappa shape index (κ2) is 5.45. The Morgan fingerprint density at radius 1 is 1.41 bits per heavy atom. The van der Waals surface area contributed by atoms with Gasteiger partial charge in [0, 0.05) is 24.3 Å². The number of nitrogens with one attached hydrogen (secondary N) is 1. The van der Waals surface area contributed by atoms with Gasteiger partial charge in [-0.25, -0.2) is 4.98 Å². The monoisotopic (exact) mass is 248 g/mol. The van der Waals surface area contributed by atoms with E-state index in [4.69, 9.17) is 4.74 Å². The fourth-order valence-corrected chi connectivity index (χ4v) is 1.85. The van der Waals surface area contributed by atoms with Crippen molar-refractivity contribution in [2.24, 2.45) is 0 Å². The van der Waals surface area contributed by atoms with Gasteiger partial charge < -0.3 is 10.1 Å². The summed E-state index contributed by atoms with van der Waals surface area (Å²) >= 11 is 1.32. The normalized spacial score (nSPS) is 9.94. The number of hydrogen-bond donors (Lipinski definition) is 1. The molecule has 0 aliphatic heterocycles. The van der Waals surface area contributed by atoms with Crippen LogP contribution >= 0.6 is 11.3 Å². The first-order valence-electron chi connectivity index (χ1n) is 5.13. The topological polar surface area (TPSA) is 51.2 Å². The first-order valence-corrected chi connectivity index (χ1v) is 6.01. The van der Waals surface area contributed by atoms with Gasteiger partial charge in [-0.3, -0.25) is 4.79 Å². The Bertz CT molecular complexity index is 480. The molecule has 1 aromatic carbocycles. The number of carbonyl (C=O) groups is 1. The minimum atomic E-state index is -0.0994. The molecule has 0 atom stereocenters. The van der Waals surface area contributed by atoms with Crippen molar-refractivity contribution in [2.75, 3.05) is 19.0 Å². The van der Waals surface area contributed by atoms with Gasteiger partial charge in [-0.05, 0) is 24.3 Å². The molecule has 2 aromatic rings. The number of rotatable bonds is 5. The van der Waals surface area contributed by atoms with Crippen LogP contribution < -0.4 is 10.1 Å². The highest BCUT2D eigenvalue weighted by Crippen LogP contribution is 2.15. The molecule has 4 nitrogen and oxygen atoms in total. The average molecular weight is 248 g/mol. The number of hydrogen-bond acceptors (Lipinski definition) is 5. The highest BCUT2D eigenvalue weighted by Gasteiger charge is 2.08. The van der Waals surface area contributed by atoms with Gasteiger partial charge in [0.05, 0.1) is 0 Å². The molecule has 0 saturated heterocycles. The Balaban J connectivity index is 1.91. The molecule has 0 aliphatic rings. The van der Waals surface area contributed by atoms with Crippen LogP contribution in [0.5, 0.6) is 5.75 Å². The Hall–Kier alpha value is -1.88. The lowest BCUT2D eigenvalue weighted by molar-refractivity contribution is 0.0921. The summed E-state index contributed by atoms with van der Waals surface area (Å²) in [6, 6.07) is 7.42. The van der Waals surface area contributed by atoms with Crippen LogP contribution in [-0.4, -0.2) is 24.4 Å². The van der Waals surface area contributed by atoms with Gasteiger partial charge in [0.2, 0.25) is 5.78 Å². The molecule has 88 valence electrons. The predicted molar refractivity (Wildman–Crippen MR) is 67.9 cm³/mol. The first-order chi connectivity index (χ1) is 8.29. The summed E-state index contributed by atoms with van der Waals surface area (Å²) in [7, 11) is 1.85. The molecule has 0 aliphatic carbocycles. The molecular formula is C12H12N2O2S. The maximum atomic E-state index is 11.6. The van der Waals surface area contributed by atoms with Crippen molar-refractivity contribution in [1.82, 2.24) is 4.98 Å². The third kappa shape index (κ3) is 3.04. The van der Waals surface area contributed by atoms with Gasteiger partial charge in [0.15, 0.2) is 11.6 Å². The molecule has 1 aromatic heterocycles. The summed E-state index contributed by atoms with van der Waals surface area (Å²) in [5, 5.41) is 5.27. The largest absolute Gasteiger partial charge is 0.485 e. The van der Waals surface area contributed by atoms with Crippen LogP contribution in [0.3, 0.4) is 0 Å². The van der Waals surface area contributed by atoms with E-state index in [1.165, 1.54) is 11.3 Å². The van der Waals surface area contributed by atoms with E-state index in [0.29, 0.717) is 10.8 Å². The van der Waals surface area contributed by atoms with E-state index in [2.05, 4.69) is 10.3 Å². The predicted octanol–water partition coefficient (Wildman–Crippen LogP) is 2.45. The second-order valence-corrected chi connectivity index (χ2v) is 4.22. The van der Waals surface area contributed by atoms with E-state index in [1.807, 2.05) is 31.3 Å². The molecule has 0 amide bonds. The average Bonchev–Trinajstić information content (AvgIpc) is 2.90. The van der Waals surface area contributed by atoms with Crippen molar-refractivity contribution in [3.05, 3.63) is 40.8 Å². The smallest absolute Gasteiger partial charge is 0.228 e. The van der Waals surface area contributed by atoms with Gasteiger partial charge in [0.25, 0.3) is 0 Å². The summed E-state index contributed by atoms with van der Waals surface area (Å²) in [5.41, 5.74) is 1.00. The van der Waals surface area contributed by atoms with Gasteiger partial charge in [-0.15, -0.1) is 11.3 Å². The molecule has 0 unspecified atom stereocenters. The van der Waals surface area contributed by atoms with Gasteiger partial charge in [0.1, 0.15) is 5.75 Å². The van der Waals surface area contributed by atoms with Crippen LogP contribution in [0.15, 0.2) is 35.8 Å². The molecule has 17 heavy (non-hydrogen) atoms. The molecule has 0 saturated carbocycles. The Labute approximate surface area is 103 Å². The molecule has 0 fully saturated rings. The summed E-state index contributed by atoms with van der Waals surface area (Å²) in [6.45, 7) is 0.0203. The number of ketones is 1. The Morgan fingerprint density at radius 3 is 2.76 bits per heavy atom. The van der Waals surface area contributed by atoms with Crippen LogP contribution in [0.1, 0.15) is 9.80 Å². The van der Waals surface area contributed by atoms with E-state index in [1.54, 1.807) is 11.6 Å². The van der Waals surface area contributed by atoms with Gasteiger partial charge >= 0.3 is 0 Å². The van der Waals surface area contributed by atoms with Crippen molar-refractivity contribution in [3.63, 3.8) is 0 Å². The van der Waals surface area contributed by atoms with Gasteiger partial charge in [-0.1, -0.05) is 0 Å². The Kier molecular flexibility index (Phi) is 3.72. The molecule has 1 N–H and O–H groups in total. The molecule has 0 spiro atoms. The fraction of sp³-hybridized carbons (Fsp3) is 0.167. The maximum absolute atomic E-state index is 11.6. The molecule has 0 radical (unpaired) electrons. The quantitative estimate of drug-likeness (QED) is 0.826. The third-order valence-corrected chi connectivity index (χ3v) is 3.00. The van der Waals surface area contributed by atoms with E-state index in [9.17, 15) is 4.79 Å². The van der Waals surface area contributed by atoms with Crippen LogP contribution in [0.2, 0.25) is 0 Å². The lowest BCUT2D eigenvalue weighted by atomic mass is 10.3. The van der Waals surface area contributed by atoms with Crippen LogP contribution in [0.25, 0.3) is 0 Å². The zero-order valence-electron chi connectivity index (χ0n) is 9.34. The molecular weight excluding hydrogens is 236 g/mol. The second-order valence-electron chi connectivity index (χ2n) is 3.32. The zero-order valence-corrected chi connectivity index (χ0v) is 10.2. The van der Waals surface area contributed by atoms with Crippen LogP contribution in [0.4, 0.5) is 5.69 Å². The number of anilines is 1. The van der Waals surface area contributed by atoms with Crippen molar-refractivity contribution in [2.45, 2.75) is 0 Å². The number of benzene rings is 1. The minimum Gasteiger partial charge on any atom is -0.485 e. The summed E-state index contributed by atoms with van der Waals surface area (Å²) < 4.78 is 5.38. The standard InChI is InChI=1S/C12H12N2O2S/c1-13-9-2-4-10(5-3-9)16-8-11(15)12-14-6-7-17-12/h2-7,13H,8H2,1H3. The lowest BCUT2D eigenvalue weighted by Crippen LogP contribution is -2.11. The molecule has 5 heteroatoms. The Morgan fingerprint density at radius 2 is 2.18 bits per heavy atom. The summed E-state index contributed by atoms with van der Waals surface area (Å²) in [6.07, 6.45) is 1.61. The highest BCUT2D eigenvalue weighted by molar-refractivity contribution is 7.11. The third-order valence-electron chi connectivity index (χ3n) is 2.18. The van der Waals surface area contributed by atoms with Crippen LogP contribution in [0, 0.1) is 0 Å². The number of thiazole rings is 1. The zero-order chi connectivity index (χ0) is 12.1. The maximum Gasteiger partial charge on any atom is 0.228 e. The number of aromatic nitrogens is 1. The number of carbonyl (C=O) groups excluding carboxylic acids is 1. The summed E-state index contributed by atoms with van der Waals surface area (Å²) in [4.78, 5) is 15.5. The van der Waals surface area contributed by atoms with Crippen molar-refractivity contribution < 1.29 is 9.53 Å². The van der Waals surface area contributed by atoms with E-state index < -0.39 is 0 Å². The van der Waals surface area contributed by atoms with E-state index >= 15 is 0 Å². The number of nitrogens with zero attached hydrogens (tertiary/aromatic N) is 1. The minimum absolute atomic E-state index is 0.0203. The highest BCUT2D eigenvalue weighted by atomic mass is 32.1. The molecule has 2 rings (SSSR count). The lowest BCUT2D eigenvalue weighted by Gasteiger charge is -2.05. The molecule has 1 heterocycles. The SMILES string of the molecule is CNc1ccc(OCC(=O)c2nccs2)cc1. The number of Topliss-reactive ketones (excluding diaryl/α,β-unsaturated/α-hetero) is 1. The fourth-order valence-electron chi connectivity index (χ4n) is 1.29.